The molecule has 0 bridgehead atoms. The summed E-state index contributed by atoms with van der Waals surface area (Å²) in [6.07, 6.45) is 3.60. The molecule has 1 amide bonds. The van der Waals surface area contributed by atoms with E-state index in [1.165, 1.54) is 22.7 Å². The van der Waals surface area contributed by atoms with Gasteiger partial charge in [0.2, 0.25) is 0 Å². The Labute approximate surface area is 204 Å². The predicted molar refractivity (Wildman–Crippen MR) is 136 cm³/mol. The zero-order valence-electron chi connectivity index (χ0n) is 19.2. The summed E-state index contributed by atoms with van der Waals surface area (Å²) in [5, 5.41) is 9.25. The highest BCUT2D eigenvalue weighted by Gasteiger charge is 2.33. The van der Waals surface area contributed by atoms with Crippen LogP contribution in [0.1, 0.15) is 34.7 Å². The summed E-state index contributed by atoms with van der Waals surface area (Å²) in [5.41, 5.74) is 4.47. The molecule has 0 spiro atoms. The fraction of sp³-hybridized carbons (Fsp3) is 0.200. The second-order valence-electron chi connectivity index (χ2n) is 8.18. The Bertz CT molecular complexity index is 1620. The predicted octanol–water partition coefficient (Wildman–Crippen LogP) is 3.29. The van der Waals surface area contributed by atoms with Crippen molar-refractivity contribution in [3.8, 4) is 0 Å². The minimum atomic E-state index is -0.544. The molecule has 1 aliphatic rings. The minimum absolute atomic E-state index is 0.168. The Morgan fingerprint density at radius 3 is 2.62 bits per heavy atom. The van der Waals surface area contributed by atoms with E-state index in [2.05, 4.69) is 15.4 Å². The highest BCUT2D eigenvalue weighted by atomic mass is 32.1. The zero-order chi connectivity index (χ0) is 24.0. The first-order valence-corrected chi connectivity index (χ1v) is 12.5. The van der Waals surface area contributed by atoms with E-state index in [-0.39, 0.29) is 11.5 Å². The average Bonchev–Trinajstić information content (AvgIpc) is 3.52. The number of nitrogens with zero attached hydrogens (tertiary/aromatic N) is 4. The van der Waals surface area contributed by atoms with Gasteiger partial charge in [0, 0.05) is 28.9 Å². The molecule has 1 N–H and O–H groups in total. The van der Waals surface area contributed by atoms with Gasteiger partial charge in [-0.05, 0) is 49.9 Å². The third-order valence-electron chi connectivity index (χ3n) is 6.03. The number of aromatic nitrogens is 3. The highest BCUT2D eigenvalue weighted by molar-refractivity contribution is 7.10. The molecule has 7 nitrogen and oxygen atoms in total. The Morgan fingerprint density at radius 2 is 1.94 bits per heavy atom. The third kappa shape index (κ3) is 3.76. The normalized spacial score (nSPS) is 15.9. The van der Waals surface area contributed by atoms with Crippen molar-refractivity contribution in [3.63, 3.8) is 0 Å². The van der Waals surface area contributed by atoms with Crippen LogP contribution in [0.3, 0.4) is 0 Å². The number of fused-ring (bicyclic) bond motifs is 1. The quantitative estimate of drug-likeness (QED) is 0.478. The Hall–Kier alpha value is -3.56. The van der Waals surface area contributed by atoms with E-state index < -0.39 is 6.04 Å². The number of thiazole rings is 1. The largest absolute Gasteiger partial charge is 0.322 e. The Balaban J connectivity index is 1.66. The van der Waals surface area contributed by atoms with Gasteiger partial charge in [-0.1, -0.05) is 35.6 Å². The first kappa shape index (κ1) is 22.2. The number of benzene rings is 1. The number of amides is 1. The number of thiophene rings is 1. The van der Waals surface area contributed by atoms with E-state index in [0.29, 0.717) is 20.6 Å². The molecule has 5 rings (SSSR count). The van der Waals surface area contributed by atoms with Crippen LogP contribution in [0.5, 0.6) is 0 Å². The van der Waals surface area contributed by atoms with Gasteiger partial charge in [0.15, 0.2) is 4.80 Å². The number of anilines is 1. The molecule has 1 atom stereocenters. The summed E-state index contributed by atoms with van der Waals surface area (Å²) < 4.78 is 3.98. The monoisotopic (exact) mass is 489 g/mol. The van der Waals surface area contributed by atoms with Crippen LogP contribution in [0.4, 0.5) is 5.69 Å². The molecule has 4 heterocycles. The van der Waals surface area contributed by atoms with Crippen LogP contribution >= 0.6 is 22.7 Å². The fourth-order valence-corrected chi connectivity index (χ4v) is 5.89. The molecule has 0 aliphatic carbocycles. The molecule has 0 saturated heterocycles. The summed E-state index contributed by atoms with van der Waals surface area (Å²) in [5.74, 6) is -0.258. The SMILES string of the molecule is CC1=C(C(=O)Nc2ccccc2C)C(c2cccs2)n2c(s/c(=C\c3cnn(C)c3C)c2=O)=N1. The standard InChI is InChI=1S/C25H23N5O2S2/c1-14-8-5-6-9-18(14)28-23(31)21-15(2)27-25-30(22(21)19-10-7-11-33-19)24(32)20(34-25)12-17-13-26-29(4)16(17)3/h5-13,22H,1-4H3,(H,28,31)/b20-12-. The number of rotatable bonds is 4. The molecule has 9 heteroatoms. The van der Waals surface area contributed by atoms with Gasteiger partial charge in [-0.3, -0.25) is 18.8 Å². The van der Waals surface area contributed by atoms with Crippen LogP contribution in [-0.2, 0) is 11.8 Å². The van der Waals surface area contributed by atoms with Gasteiger partial charge in [0.1, 0.15) is 6.04 Å². The molecule has 4 aromatic rings. The lowest BCUT2D eigenvalue weighted by atomic mass is 10.0. The van der Waals surface area contributed by atoms with E-state index >= 15 is 0 Å². The molecule has 1 unspecified atom stereocenters. The zero-order valence-corrected chi connectivity index (χ0v) is 20.8. The lowest BCUT2D eigenvalue weighted by Crippen LogP contribution is -2.40. The van der Waals surface area contributed by atoms with Crippen LogP contribution < -0.4 is 20.2 Å². The maximum absolute atomic E-state index is 13.6. The summed E-state index contributed by atoms with van der Waals surface area (Å²) in [7, 11) is 1.87. The number of carbonyl (C=O) groups excluding carboxylic acids is 1. The van der Waals surface area contributed by atoms with Crippen molar-refractivity contribution >= 4 is 40.3 Å². The summed E-state index contributed by atoms with van der Waals surface area (Å²) in [6, 6.07) is 11.0. The first-order chi connectivity index (χ1) is 16.3. The molecule has 1 aromatic carbocycles. The maximum atomic E-state index is 13.6. The number of carbonyl (C=O) groups is 1. The number of aryl methyl sites for hydroxylation is 2. The number of allylic oxidation sites excluding steroid dienone is 1. The van der Waals surface area contributed by atoms with E-state index in [4.69, 9.17) is 0 Å². The fourth-order valence-electron chi connectivity index (χ4n) is 4.03. The second kappa shape index (κ2) is 8.66. The number of hydrogen-bond donors (Lipinski definition) is 1. The summed E-state index contributed by atoms with van der Waals surface area (Å²) in [4.78, 5) is 33.4. The smallest absolute Gasteiger partial charge is 0.271 e. The van der Waals surface area contributed by atoms with E-state index in [0.717, 1.165) is 27.4 Å². The van der Waals surface area contributed by atoms with Crippen LogP contribution in [-0.4, -0.2) is 20.3 Å². The van der Waals surface area contributed by atoms with Crippen LogP contribution in [0, 0.1) is 13.8 Å². The van der Waals surface area contributed by atoms with Gasteiger partial charge >= 0.3 is 0 Å². The molecule has 34 heavy (non-hydrogen) atoms. The van der Waals surface area contributed by atoms with Gasteiger partial charge in [-0.2, -0.15) is 5.10 Å². The van der Waals surface area contributed by atoms with Gasteiger partial charge < -0.3 is 5.32 Å². The van der Waals surface area contributed by atoms with Gasteiger partial charge in [0.05, 0.1) is 22.0 Å². The van der Waals surface area contributed by atoms with Crippen molar-refractivity contribution in [1.82, 2.24) is 14.3 Å². The van der Waals surface area contributed by atoms with Crippen molar-refractivity contribution in [2.75, 3.05) is 5.32 Å². The van der Waals surface area contributed by atoms with Crippen molar-refractivity contribution < 1.29 is 4.79 Å². The van der Waals surface area contributed by atoms with Crippen molar-refractivity contribution in [2.24, 2.45) is 12.0 Å². The van der Waals surface area contributed by atoms with Crippen molar-refractivity contribution in [2.45, 2.75) is 26.8 Å². The number of para-hydroxylation sites is 1. The van der Waals surface area contributed by atoms with Crippen molar-refractivity contribution in [1.29, 1.82) is 0 Å². The second-order valence-corrected chi connectivity index (χ2v) is 10.2. The van der Waals surface area contributed by atoms with Gasteiger partial charge in [-0.25, -0.2) is 4.99 Å². The summed E-state index contributed by atoms with van der Waals surface area (Å²) in [6.45, 7) is 5.74. The average molecular weight is 490 g/mol. The number of nitrogens with one attached hydrogen (secondary N) is 1. The minimum Gasteiger partial charge on any atom is -0.322 e. The summed E-state index contributed by atoms with van der Waals surface area (Å²) >= 11 is 2.85. The Kier molecular flexibility index (Phi) is 5.66. The first-order valence-electron chi connectivity index (χ1n) is 10.8. The Morgan fingerprint density at radius 1 is 1.15 bits per heavy atom. The molecule has 0 fully saturated rings. The third-order valence-corrected chi connectivity index (χ3v) is 7.94. The van der Waals surface area contributed by atoms with Crippen LogP contribution in [0.25, 0.3) is 6.08 Å². The van der Waals surface area contributed by atoms with E-state index in [9.17, 15) is 9.59 Å². The molecule has 0 radical (unpaired) electrons. The van der Waals surface area contributed by atoms with E-state index in [1.54, 1.807) is 15.4 Å². The van der Waals surface area contributed by atoms with E-state index in [1.807, 2.05) is 75.7 Å². The van der Waals surface area contributed by atoms with Crippen LogP contribution in [0.2, 0.25) is 0 Å². The van der Waals surface area contributed by atoms with Crippen molar-refractivity contribution in [3.05, 3.63) is 101 Å². The molecular weight excluding hydrogens is 466 g/mol. The lowest BCUT2D eigenvalue weighted by Gasteiger charge is -2.24. The molecular formula is C25H23N5O2S2. The van der Waals surface area contributed by atoms with Gasteiger partial charge in [0.25, 0.3) is 11.5 Å². The molecule has 3 aromatic heterocycles. The van der Waals surface area contributed by atoms with Crippen LogP contribution in [0.15, 0.2) is 69.0 Å². The molecule has 1 aliphatic heterocycles. The molecule has 172 valence electrons. The topological polar surface area (TPSA) is 81.3 Å². The molecule has 0 saturated carbocycles. The highest BCUT2D eigenvalue weighted by Crippen LogP contribution is 2.33. The maximum Gasteiger partial charge on any atom is 0.271 e. The number of hydrogen-bond acceptors (Lipinski definition) is 6. The lowest BCUT2D eigenvalue weighted by molar-refractivity contribution is -0.113. The van der Waals surface area contributed by atoms with Gasteiger partial charge in [-0.15, -0.1) is 11.3 Å².